The Morgan fingerprint density at radius 1 is 0.900 bits per heavy atom. The Morgan fingerprint density at radius 3 is 1.60 bits per heavy atom. The number of halogens is 7. The molecule has 0 radical (unpaired) electrons. The van der Waals surface area contributed by atoms with E-state index in [-0.39, 0.29) is 23.8 Å². The molecule has 0 bridgehead atoms. The molecule has 0 fully saturated rings. The van der Waals surface area contributed by atoms with Gasteiger partial charge in [0.2, 0.25) is 0 Å². The number of aromatic carboxylic acids is 1. The van der Waals surface area contributed by atoms with Crippen LogP contribution in [0.25, 0.3) is 0 Å². The number of alkyl halides is 6. The number of carbonyl (C=O) groups is 2. The SMILES string of the molecule is Cl.NCC(F)(F)F.O=C(NCC(F)(F)F)c1cnccn1.O=C(O)c1cnccn1. The maximum atomic E-state index is 11.7. The maximum Gasteiger partial charge on any atom is 0.405 e. The second kappa shape index (κ2) is 14.0. The van der Waals surface area contributed by atoms with E-state index in [1.165, 1.54) is 31.0 Å². The number of hydrogen-bond donors (Lipinski definition) is 3. The van der Waals surface area contributed by atoms with Gasteiger partial charge in [-0.2, -0.15) is 26.3 Å². The molecule has 0 aliphatic carbocycles. The Hall–Kier alpha value is -3.07. The first-order chi connectivity index (χ1) is 13.4. The lowest BCUT2D eigenvalue weighted by molar-refractivity contribution is -0.123. The Labute approximate surface area is 171 Å². The second-order valence-corrected chi connectivity index (χ2v) is 4.60. The van der Waals surface area contributed by atoms with Crippen LogP contribution in [-0.2, 0) is 0 Å². The highest BCUT2D eigenvalue weighted by molar-refractivity contribution is 5.91. The predicted molar refractivity (Wildman–Crippen MR) is 91.8 cm³/mol. The van der Waals surface area contributed by atoms with Crippen LogP contribution in [0, 0.1) is 0 Å². The van der Waals surface area contributed by atoms with Gasteiger partial charge in [-0.15, -0.1) is 12.4 Å². The van der Waals surface area contributed by atoms with Crippen LogP contribution in [0.1, 0.15) is 21.0 Å². The van der Waals surface area contributed by atoms with Crippen molar-refractivity contribution >= 4 is 24.3 Å². The summed E-state index contributed by atoms with van der Waals surface area (Å²) in [6, 6.07) is 0. The van der Waals surface area contributed by atoms with Crippen molar-refractivity contribution in [2.45, 2.75) is 12.4 Å². The third kappa shape index (κ3) is 15.9. The third-order valence-corrected chi connectivity index (χ3v) is 2.26. The molecule has 0 atom stereocenters. The highest BCUT2D eigenvalue weighted by Crippen LogP contribution is 2.12. The molecule has 168 valence electrons. The van der Waals surface area contributed by atoms with Crippen molar-refractivity contribution in [2.24, 2.45) is 5.73 Å². The highest BCUT2D eigenvalue weighted by Gasteiger charge is 2.28. The van der Waals surface area contributed by atoms with Gasteiger partial charge < -0.3 is 16.2 Å². The molecule has 2 aromatic rings. The van der Waals surface area contributed by atoms with Gasteiger partial charge >= 0.3 is 18.3 Å². The number of amides is 1. The van der Waals surface area contributed by atoms with Crippen molar-refractivity contribution in [3.63, 3.8) is 0 Å². The van der Waals surface area contributed by atoms with E-state index < -0.39 is 37.3 Å². The maximum absolute atomic E-state index is 11.7. The van der Waals surface area contributed by atoms with Gasteiger partial charge in [-0.1, -0.05) is 0 Å². The Kier molecular flexibility index (Phi) is 13.6. The smallest absolute Gasteiger partial charge is 0.405 e. The molecule has 30 heavy (non-hydrogen) atoms. The fraction of sp³-hybridized carbons (Fsp3) is 0.286. The standard InChI is InChI=1S/C7H6F3N3O.C5H4N2O2.C2H4F3N.ClH/c8-7(9,10)4-13-6(14)5-3-11-1-2-12-5;8-5(9)4-3-6-1-2-7-4;3-2(4,5)1-6;/h1-3H,4H2,(H,13,14);1-3H,(H,8,9);1,6H2;1H. The van der Waals surface area contributed by atoms with Crippen molar-refractivity contribution in [2.75, 3.05) is 13.1 Å². The number of carboxylic acids is 1. The van der Waals surface area contributed by atoms with E-state index in [1.54, 1.807) is 5.32 Å². The first kappa shape index (κ1) is 29.1. The molecule has 0 spiro atoms. The zero-order chi connectivity index (χ0) is 22.5. The van der Waals surface area contributed by atoms with Crippen LogP contribution in [0.2, 0.25) is 0 Å². The summed E-state index contributed by atoms with van der Waals surface area (Å²) < 4.78 is 67.0. The monoisotopic (exact) mass is 464 g/mol. The normalized spacial score (nSPS) is 10.2. The molecule has 2 heterocycles. The van der Waals surface area contributed by atoms with Crippen molar-refractivity contribution in [3.05, 3.63) is 48.6 Å². The average Bonchev–Trinajstić information content (AvgIpc) is 2.67. The molecular weight excluding hydrogens is 450 g/mol. The molecule has 9 nitrogen and oxygen atoms in total. The molecule has 0 unspecified atom stereocenters. The summed E-state index contributed by atoms with van der Waals surface area (Å²) in [6.07, 6.45) is -1.01. The number of hydrogen-bond acceptors (Lipinski definition) is 7. The number of nitrogens with two attached hydrogens (primary N) is 1. The van der Waals surface area contributed by atoms with Crippen LogP contribution in [0.15, 0.2) is 37.2 Å². The summed E-state index contributed by atoms with van der Waals surface area (Å²) in [7, 11) is 0. The molecule has 0 aliphatic heterocycles. The van der Waals surface area contributed by atoms with Gasteiger partial charge in [0.15, 0.2) is 5.69 Å². The van der Waals surface area contributed by atoms with E-state index in [4.69, 9.17) is 5.11 Å². The zero-order valence-electron chi connectivity index (χ0n) is 14.7. The van der Waals surface area contributed by atoms with E-state index in [0.717, 1.165) is 6.20 Å². The van der Waals surface area contributed by atoms with Crippen molar-refractivity contribution in [1.82, 2.24) is 25.3 Å². The molecule has 16 heteroatoms. The number of carbonyl (C=O) groups excluding carboxylic acids is 1. The number of aromatic nitrogens is 4. The van der Waals surface area contributed by atoms with Crippen LogP contribution in [0.4, 0.5) is 26.3 Å². The fourth-order valence-electron chi connectivity index (χ4n) is 1.10. The summed E-state index contributed by atoms with van der Waals surface area (Å²) in [6.45, 7) is -2.60. The number of nitrogens with one attached hydrogen (secondary N) is 1. The minimum atomic E-state index is -4.42. The van der Waals surface area contributed by atoms with Gasteiger partial charge in [0, 0.05) is 24.8 Å². The van der Waals surface area contributed by atoms with Crippen molar-refractivity contribution in [1.29, 1.82) is 0 Å². The first-order valence-electron chi connectivity index (χ1n) is 7.23. The second-order valence-electron chi connectivity index (χ2n) is 4.60. The van der Waals surface area contributed by atoms with Gasteiger partial charge in [0.1, 0.15) is 12.2 Å². The predicted octanol–water partition coefficient (Wildman–Crippen LogP) is 1.87. The van der Waals surface area contributed by atoms with Crippen LogP contribution >= 0.6 is 12.4 Å². The first-order valence-corrected chi connectivity index (χ1v) is 7.23. The molecule has 0 saturated heterocycles. The van der Waals surface area contributed by atoms with Crippen LogP contribution in [0.3, 0.4) is 0 Å². The molecule has 2 rings (SSSR count). The largest absolute Gasteiger partial charge is 0.476 e. The quantitative estimate of drug-likeness (QED) is 0.584. The molecule has 4 N–H and O–H groups in total. The summed E-state index contributed by atoms with van der Waals surface area (Å²) in [5.74, 6) is -1.95. The van der Waals surface area contributed by atoms with E-state index in [1.807, 2.05) is 0 Å². The summed E-state index contributed by atoms with van der Waals surface area (Å²) >= 11 is 0. The van der Waals surface area contributed by atoms with E-state index in [2.05, 4.69) is 25.7 Å². The fourth-order valence-corrected chi connectivity index (χ4v) is 1.10. The molecule has 0 aliphatic rings. The van der Waals surface area contributed by atoms with Crippen molar-refractivity contribution in [3.8, 4) is 0 Å². The number of carboxylic acid groups (broad SMARTS) is 1. The number of nitrogens with zero attached hydrogens (tertiary/aromatic N) is 4. The molecule has 1 amide bonds. The Balaban J connectivity index is 0. The van der Waals surface area contributed by atoms with Gasteiger partial charge in [-0.3, -0.25) is 14.8 Å². The summed E-state index contributed by atoms with van der Waals surface area (Å²) in [5, 5.41) is 9.95. The minimum absolute atomic E-state index is 0. The van der Waals surface area contributed by atoms with Crippen LogP contribution in [-0.4, -0.2) is 62.4 Å². The lowest BCUT2D eigenvalue weighted by atomic mass is 10.4. The Bertz CT molecular complexity index is 749. The average molecular weight is 465 g/mol. The van der Waals surface area contributed by atoms with E-state index >= 15 is 0 Å². The van der Waals surface area contributed by atoms with Gasteiger partial charge in [-0.25, -0.2) is 14.8 Å². The molecule has 2 aromatic heterocycles. The number of rotatable bonds is 3. The van der Waals surface area contributed by atoms with E-state index in [0.29, 0.717) is 0 Å². The third-order valence-electron chi connectivity index (χ3n) is 2.26. The van der Waals surface area contributed by atoms with Gasteiger partial charge in [0.25, 0.3) is 5.91 Å². The van der Waals surface area contributed by atoms with Gasteiger partial charge in [-0.05, 0) is 0 Å². The Morgan fingerprint density at radius 2 is 1.33 bits per heavy atom. The molecule has 0 aromatic carbocycles. The lowest BCUT2D eigenvalue weighted by Crippen LogP contribution is -2.34. The zero-order valence-corrected chi connectivity index (χ0v) is 15.5. The van der Waals surface area contributed by atoms with Crippen molar-refractivity contribution < 1.29 is 41.0 Å². The molecular formula is C14H15ClF6N6O3. The molecule has 0 saturated carbocycles. The topological polar surface area (TPSA) is 144 Å². The summed E-state index contributed by atoms with van der Waals surface area (Å²) in [5.41, 5.74) is 4.01. The van der Waals surface area contributed by atoms with Crippen LogP contribution in [0.5, 0.6) is 0 Å². The lowest BCUT2D eigenvalue weighted by Gasteiger charge is -2.06. The minimum Gasteiger partial charge on any atom is -0.476 e. The van der Waals surface area contributed by atoms with Crippen LogP contribution < -0.4 is 11.1 Å². The van der Waals surface area contributed by atoms with Gasteiger partial charge in [0.05, 0.1) is 18.9 Å². The van der Waals surface area contributed by atoms with E-state index in [9.17, 15) is 35.9 Å². The summed E-state index contributed by atoms with van der Waals surface area (Å²) in [4.78, 5) is 35.2. The highest BCUT2D eigenvalue weighted by atomic mass is 35.5.